The van der Waals surface area contributed by atoms with Crippen molar-refractivity contribution >= 4 is 23.5 Å². The number of rotatable bonds is 7. The van der Waals surface area contributed by atoms with Crippen LogP contribution >= 0.6 is 0 Å². The van der Waals surface area contributed by atoms with Crippen molar-refractivity contribution in [2.24, 2.45) is 0 Å². The van der Waals surface area contributed by atoms with Gasteiger partial charge in [-0.25, -0.2) is 4.79 Å². The van der Waals surface area contributed by atoms with Crippen LogP contribution in [0.4, 0.5) is 5.69 Å². The molecule has 2 aromatic carbocycles. The minimum Gasteiger partial charge on any atom is -0.481 e. The smallest absolute Gasteiger partial charge is 0.335 e. The van der Waals surface area contributed by atoms with Crippen LogP contribution in [0.1, 0.15) is 34.7 Å². The van der Waals surface area contributed by atoms with E-state index in [-0.39, 0.29) is 24.3 Å². The molecule has 0 aliphatic carbocycles. The predicted molar refractivity (Wildman–Crippen MR) is 88.1 cm³/mol. The number of carboxylic acids is 2. The van der Waals surface area contributed by atoms with Gasteiger partial charge in [-0.15, -0.1) is 0 Å². The SMILES string of the molecule is O=C(O)CC(CC(=O)Nc1cccc(C(=O)O)c1)c1ccccc1. The van der Waals surface area contributed by atoms with Crippen molar-refractivity contribution in [1.29, 1.82) is 0 Å². The fraction of sp³-hybridized carbons (Fsp3) is 0.167. The number of carbonyl (C=O) groups is 3. The number of nitrogens with one attached hydrogen (secondary N) is 1. The van der Waals surface area contributed by atoms with Crippen LogP contribution in [-0.4, -0.2) is 28.1 Å². The summed E-state index contributed by atoms with van der Waals surface area (Å²) in [4.78, 5) is 34.2. The third-order valence-corrected chi connectivity index (χ3v) is 3.52. The van der Waals surface area contributed by atoms with Crippen LogP contribution in [0, 0.1) is 0 Å². The second kappa shape index (κ2) is 7.92. The Morgan fingerprint density at radius 2 is 1.62 bits per heavy atom. The summed E-state index contributed by atoms with van der Waals surface area (Å²) in [5.41, 5.74) is 1.20. The minimum absolute atomic E-state index is 0.00634. The predicted octanol–water partition coefficient (Wildman–Crippen LogP) is 2.97. The van der Waals surface area contributed by atoms with Crippen molar-refractivity contribution in [1.82, 2.24) is 0 Å². The first kappa shape index (κ1) is 17.2. The minimum atomic E-state index is -1.08. The standard InChI is InChI=1S/C18H17NO5/c20-16(19-15-8-4-7-13(9-15)18(23)24)10-14(11-17(21)22)12-5-2-1-3-6-12/h1-9,14H,10-11H2,(H,19,20)(H,21,22)(H,23,24). The van der Waals surface area contributed by atoms with Gasteiger partial charge in [-0.2, -0.15) is 0 Å². The molecule has 124 valence electrons. The summed E-state index contributed by atoms with van der Waals surface area (Å²) in [6, 6.07) is 14.9. The quantitative estimate of drug-likeness (QED) is 0.725. The van der Waals surface area contributed by atoms with Crippen LogP contribution in [0.2, 0.25) is 0 Å². The number of hydrogen-bond donors (Lipinski definition) is 3. The highest BCUT2D eigenvalue weighted by molar-refractivity contribution is 5.94. The largest absolute Gasteiger partial charge is 0.481 e. The second-order valence-corrected chi connectivity index (χ2v) is 5.34. The van der Waals surface area contributed by atoms with E-state index in [1.165, 1.54) is 18.2 Å². The molecule has 0 saturated carbocycles. The topological polar surface area (TPSA) is 104 Å². The molecular weight excluding hydrogens is 310 g/mol. The lowest BCUT2D eigenvalue weighted by Crippen LogP contribution is -2.18. The van der Waals surface area contributed by atoms with Crippen molar-refractivity contribution in [2.45, 2.75) is 18.8 Å². The average molecular weight is 327 g/mol. The summed E-state index contributed by atoms with van der Waals surface area (Å²) >= 11 is 0. The molecule has 0 spiro atoms. The van der Waals surface area contributed by atoms with Crippen LogP contribution in [0.3, 0.4) is 0 Å². The molecule has 0 aliphatic heterocycles. The number of anilines is 1. The Hall–Kier alpha value is -3.15. The van der Waals surface area contributed by atoms with Gasteiger partial charge in [0.2, 0.25) is 5.91 Å². The van der Waals surface area contributed by atoms with Gasteiger partial charge in [-0.1, -0.05) is 36.4 Å². The summed E-state index contributed by atoms with van der Waals surface area (Å²) in [5.74, 6) is -2.89. The van der Waals surface area contributed by atoms with Gasteiger partial charge in [0, 0.05) is 18.0 Å². The van der Waals surface area contributed by atoms with E-state index in [2.05, 4.69) is 5.32 Å². The molecular formula is C18H17NO5. The molecule has 0 fully saturated rings. The third kappa shape index (κ3) is 4.95. The molecule has 1 amide bonds. The average Bonchev–Trinajstić information content (AvgIpc) is 2.55. The van der Waals surface area contributed by atoms with E-state index in [0.29, 0.717) is 5.69 Å². The number of carbonyl (C=O) groups excluding carboxylic acids is 1. The van der Waals surface area contributed by atoms with E-state index in [0.717, 1.165) is 5.56 Å². The number of benzene rings is 2. The van der Waals surface area contributed by atoms with E-state index in [9.17, 15) is 14.4 Å². The van der Waals surface area contributed by atoms with Gasteiger partial charge in [-0.05, 0) is 23.8 Å². The third-order valence-electron chi connectivity index (χ3n) is 3.52. The lowest BCUT2D eigenvalue weighted by atomic mass is 9.92. The molecule has 0 radical (unpaired) electrons. The summed E-state index contributed by atoms with van der Waals surface area (Å²) < 4.78 is 0. The van der Waals surface area contributed by atoms with E-state index < -0.39 is 17.9 Å². The Morgan fingerprint density at radius 3 is 2.25 bits per heavy atom. The van der Waals surface area contributed by atoms with Gasteiger partial charge >= 0.3 is 11.9 Å². The summed E-state index contributed by atoms with van der Waals surface area (Å²) in [6.45, 7) is 0. The first-order valence-corrected chi connectivity index (χ1v) is 7.35. The second-order valence-electron chi connectivity index (χ2n) is 5.34. The normalized spacial score (nSPS) is 11.5. The van der Waals surface area contributed by atoms with Crippen molar-refractivity contribution in [3.63, 3.8) is 0 Å². The molecule has 1 unspecified atom stereocenters. The maximum atomic E-state index is 12.2. The van der Waals surface area contributed by atoms with E-state index in [1.54, 1.807) is 30.3 Å². The van der Waals surface area contributed by atoms with Crippen LogP contribution in [0.5, 0.6) is 0 Å². The molecule has 24 heavy (non-hydrogen) atoms. The zero-order chi connectivity index (χ0) is 17.5. The highest BCUT2D eigenvalue weighted by atomic mass is 16.4. The first-order valence-electron chi connectivity index (χ1n) is 7.35. The zero-order valence-electron chi connectivity index (χ0n) is 12.8. The lowest BCUT2D eigenvalue weighted by molar-refractivity contribution is -0.137. The monoisotopic (exact) mass is 327 g/mol. The maximum absolute atomic E-state index is 12.2. The van der Waals surface area contributed by atoms with Crippen molar-refractivity contribution in [2.75, 3.05) is 5.32 Å². The molecule has 6 heteroatoms. The van der Waals surface area contributed by atoms with Crippen LogP contribution < -0.4 is 5.32 Å². The summed E-state index contributed by atoms with van der Waals surface area (Å²) in [6.07, 6.45) is -0.166. The zero-order valence-corrected chi connectivity index (χ0v) is 12.8. The molecule has 3 N–H and O–H groups in total. The highest BCUT2D eigenvalue weighted by Gasteiger charge is 2.19. The Bertz CT molecular complexity index is 742. The fourth-order valence-electron chi connectivity index (χ4n) is 2.41. The van der Waals surface area contributed by atoms with Gasteiger partial charge in [0.1, 0.15) is 0 Å². The number of amides is 1. The lowest BCUT2D eigenvalue weighted by Gasteiger charge is -2.15. The van der Waals surface area contributed by atoms with Gasteiger partial charge in [0.05, 0.1) is 12.0 Å². The van der Waals surface area contributed by atoms with Gasteiger partial charge in [0.25, 0.3) is 0 Å². The van der Waals surface area contributed by atoms with Crippen molar-refractivity contribution in [3.05, 3.63) is 65.7 Å². The van der Waals surface area contributed by atoms with Crippen molar-refractivity contribution in [3.8, 4) is 0 Å². The van der Waals surface area contributed by atoms with Crippen molar-refractivity contribution < 1.29 is 24.6 Å². The van der Waals surface area contributed by atoms with Crippen LogP contribution in [0.15, 0.2) is 54.6 Å². The number of hydrogen-bond acceptors (Lipinski definition) is 3. The van der Waals surface area contributed by atoms with Crippen LogP contribution in [-0.2, 0) is 9.59 Å². The summed E-state index contributed by atoms with van der Waals surface area (Å²) in [5, 5.41) is 20.6. The number of aromatic carboxylic acids is 1. The maximum Gasteiger partial charge on any atom is 0.335 e. The Morgan fingerprint density at radius 1 is 0.917 bits per heavy atom. The van der Waals surface area contributed by atoms with E-state index >= 15 is 0 Å². The molecule has 1 atom stereocenters. The summed E-state index contributed by atoms with van der Waals surface area (Å²) in [7, 11) is 0. The van der Waals surface area contributed by atoms with E-state index in [4.69, 9.17) is 10.2 Å². The number of carboxylic acid groups (broad SMARTS) is 2. The fourth-order valence-corrected chi connectivity index (χ4v) is 2.41. The molecule has 0 aromatic heterocycles. The first-order chi connectivity index (χ1) is 11.5. The molecule has 0 aliphatic rings. The highest BCUT2D eigenvalue weighted by Crippen LogP contribution is 2.24. The molecule has 0 saturated heterocycles. The number of aliphatic carboxylic acids is 1. The molecule has 0 bridgehead atoms. The molecule has 0 heterocycles. The van der Waals surface area contributed by atoms with Gasteiger partial charge < -0.3 is 15.5 Å². The van der Waals surface area contributed by atoms with Crippen LogP contribution in [0.25, 0.3) is 0 Å². The van der Waals surface area contributed by atoms with E-state index in [1.807, 2.05) is 6.07 Å². The van der Waals surface area contributed by atoms with Gasteiger partial charge in [-0.3, -0.25) is 9.59 Å². The molecule has 2 rings (SSSR count). The molecule has 2 aromatic rings. The Labute approximate surface area is 138 Å². The Balaban J connectivity index is 2.09. The Kier molecular flexibility index (Phi) is 5.68. The van der Waals surface area contributed by atoms with Gasteiger partial charge in [0.15, 0.2) is 0 Å². The molecule has 6 nitrogen and oxygen atoms in total.